The first-order chi connectivity index (χ1) is 9.19. The molecule has 0 aliphatic carbocycles. The zero-order valence-corrected chi connectivity index (χ0v) is 10.6. The average molecular weight is 258 g/mol. The molecule has 5 heteroatoms. The van der Waals surface area contributed by atoms with Crippen LogP contribution in [0.25, 0.3) is 0 Å². The lowest BCUT2D eigenvalue weighted by molar-refractivity contribution is 0.305. The molecule has 0 fully saturated rings. The first-order valence-corrected chi connectivity index (χ1v) is 5.91. The van der Waals surface area contributed by atoms with Crippen LogP contribution < -0.4 is 14.9 Å². The molecule has 2 N–H and O–H groups in total. The van der Waals surface area contributed by atoms with E-state index in [9.17, 15) is 0 Å². The third kappa shape index (κ3) is 3.74. The largest absolute Gasteiger partial charge is 0.497 e. The van der Waals surface area contributed by atoms with Crippen LogP contribution in [-0.4, -0.2) is 24.3 Å². The highest BCUT2D eigenvalue weighted by Crippen LogP contribution is 2.18. The number of methoxy groups -OCH3 is 1. The molecule has 0 amide bonds. The van der Waals surface area contributed by atoms with Crippen LogP contribution in [0.3, 0.4) is 0 Å². The van der Waals surface area contributed by atoms with Gasteiger partial charge in [0.15, 0.2) is 0 Å². The Labute approximate surface area is 112 Å². The summed E-state index contributed by atoms with van der Waals surface area (Å²) < 4.78 is 10.7. The zero-order valence-electron chi connectivity index (χ0n) is 10.6. The average Bonchev–Trinajstić information content (AvgIpc) is 2.46. The SMILES string of the molecule is COc1ccc(OCc2cccc(B(O)O)c2)cc1. The van der Waals surface area contributed by atoms with Gasteiger partial charge in [-0.1, -0.05) is 24.3 Å². The Kier molecular flexibility index (Phi) is 4.44. The molecule has 0 unspecified atom stereocenters. The number of hydrogen-bond donors (Lipinski definition) is 2. The summed E-state index contributed by atoms with van der Waals surface area (Å²) in [5.74, 6) is 1.51. The molecule has 0 saturated heterocycles. The zero-order chi connectivity index (χ0) is 13.7. The number of hydrogen-bond acceptors (Lipinski definition) is 4. The van der Waals surface area contributed by atoms with Gasteiger partial charge in [-0.3, -0.25) is 0 Å². The van der Waals surface area contributed by atoms with E-state index in [4.69, 9.17) is 19.5 Å². The van der Waals surface area contributed by atoms with Gasteiger partial charge in [0.2, 0.25) is 0 Å². The minimum absolute atomic E-state index is 0.368. The van der Waals surface area contributed by atoms with Crippen LogP contribution in [0.5, 0.6) is 11.5 Å². The predicted molar refractivity (Wildman–Crippen MR) is 73.6 cm³/mol. The van der Waals surface area contributed by atoms with Gasteiger partial charge in [0.25, 0.3) is 0 Å². The molecule has 0 aliphatic heterocycles. The van der Waals surface area contributed by atoms with Crippen molar-refractivity contribution in [2.45, 2.75) is 6.61 Å². The second kappa shape index (κ2) is 6.27. The van der Waals surface area contributed by atoms with Crippen molar-refractivity contribution >= 4 is 12.6 Å². The molecule has 0 radical (unpaired) electrons. The van der Waals surface area contributed by atoms with Crippen LogP contribution in [0.2, 0.25) is 0 Å². The van der Waals surface area contributed by atoms with Crippen LogP contribution in [0.4, 0.5) is 0 Å². The van der Waals surface area contributed by atoms with E-state index in [1.165, 1.54) is 0 Å². The van der Waals surface area contributed by atoms with Crippen molar-refractivity contribution in [2.24, 2.45) is 0 Å². The normalized spacial score (nSPS) is 10.1. The van der Waals surface area contributed by atoms with Crippen LogP contribution >= 0.6 is 0 Å². The fraction of sp³-hybridized carbons (Fsp3) is 0.143. The summed E-state index contributed by atoms with van der Waals surface area (Å²) in [4.78, 5) is 0. The van der Waals surface area contributed by atoms with Gasteiger partial charge in [0.05, 0.1) is 7.11 Å². The summed E-state index contributed by atoms with van der Waals surface area (Å²) in [6, 6.07) is 14.3. The van der Waals surface area contributed by atoms with E-state index in [1.54, 1.807) is 25.3 Å². The summed E-state index contributed by atoms with van der Waals surface area (Å²) in [5, 5.41) is 18.2. The van der Waals surface area contributed by atoms with Gasteiger partial charge in [-0.05, 0) is 35.3 Å². The van der Waals surface area contributed by atoms with Gasteiger partial charge in [-0.15, -0.1) is 0 Å². The Bertz CT molecular complexity index is 525. The van der Waals surface area contributed by atoms with E-state index in [-0.39, 0.29) is 0 Å². The quantitative estimate of drug-likeness (QED) is 0.784. The maximum Gasteiger partial charge on any atom is 0.488 e. The van der Waals surface area contributed by atoms with Gasteiger partial charge in [-0.2, -0.15) is 0 Å². The van der Waals surface area contributed by atoms with E-state index >= 15 is 0 Å². The highest BCUT2D eigenvalue weighted by molar-refractivity contribution is 6.58. The van der Waals surface area contributed by atoms with Crippen LogP contribution in [-0.2, 0) is 6.61 Å². The second-order valence-electron chi connectivity index (χ2n) is 4.08. The van der Waals surface area contributed by atoms with Crippen molar-refractivity contribution in [2.75, 3.05) is 7.11 Å². The summed E-state index contributed by atoms with van der Waals surface area (Å²) in [6.07, 6.45) is 0. The fourth-order valence-corrected chi connectivity index (χ4v) is 1.68. The van der Waals surface area contributed by atoms with E-state index < -0.39 is 7.12 Å². The smallest absolute Gasteiger partial charge is 0.488 e. The molecular weight excluding hydrogens is 243 g/mol. The molecule has 0 aliphatic rings. The molecule has 0 heterocycles. The molecule has 0 spiro atoms. The first-order valence-electron chi connectivity index (χ1n) is 5.91. The molecule has 0 bridgehead atoms. The lowest BCUT2D eigenvalue weighted by atomic mass is 9.80. The highest BCUT2D eigenvalue weighted by atomic mass is 16.5. The summed E-state index contributed by atoms with van der Waals surface area (Å²) >= 11 is 0. The first kappa shape index (κ1) is 13.5. The van der Waals surface area contributed by atoms with Crippen molar-refractivity contribution in [1.29, 1.82) is 0 Å². The van der Waals surface area contributed by atoms with Crippen LogP contribution in [0.15, 0.2) is 48.5 Å². The number of benzene rings is 2. The van der Waals surface area contributed by atoms with E-state index in [0.717, 1.165) is 17.1 Å². The number of ether oxygens (including phenoxy) is 2. The molecule has 0 saturated carbocycles. The third-order valence-corrected chi connectivity index (χ3v) is 2.71. The summed E-state index contributed by atoms with van der Waals surface area (Å²) in [6.45, 7) is 0.368. The maximum absolute atomic E-state index is 9.09. The Balaban J connectivity index is 1.99. The van der Waals surface area contributed by atoms with Gasteiger partial charge in [0, 0.05) is 0 Å². The minimum atomic E-state index is -1.46. The van der Waals surface area contributed by atoms with Crippen LogP contribution in [0.1, 0.15) is 5.56 Å². The Morgan fingerprint density at radius 1 is 1.00 bits per heavy atom. The lowest BCUT2D eigenvalue weighted by Gasteiger charge is -2.08. The molecule has 0 aromatic heterocycles. The standard InChI is InChI=1S/C14H15BO4/c1-18-13-5-7-14(8-6-13)19-10-11-3-2-4-12(9-11)15(16)17/h2-9,16-17H,10H2,1H3. The molecule has 0 atom stereocenters. The maximum atomic E-state index is 9.09. The fourth-order valence-electron chi connectivity index (χ4n) is 1.68. The van der Waals surface area contributed by atoms with Gasteiger partial charge in [0.1, 0.15) is 18.1 Å². The Morgan fingerprint density at radius 3 is 2.32 bits per heavy atom. The van der Waals surface area contributed by atoms with Crippen molar-refractivity contribution in [1.82, 2.24) is 0 Å². The number of rotatable bonds is 5. The van der Waals surface area contributed by atoms with Crippen molar-refractivity contribution in [3.05, 3.63) is 54.1 Å². The van der Waals surface area contributed by atoms with E-state index in [1.807, 2.05) is 30.3 Å². The van der Waals surface area contributed by atoms with Gasteiger partial charge < -0.3 is 19.5 Å². The molecular formula is C14H15BO4. The topological polar surface area (TPSA) is 58.9 Å². The monoisotopic (exact) mass is 258 g/mol. The molecule has 98 valence electrons. The van der Waals surface area contributed by atoms with Gasteiger partial charge >= 0.3 is 7.12 Å². The van der Waals surface area contributed by atoms with E-state index in [0.29, 0.717) is 12.1 Å². The molecule has 2 aromatic rings. The second-order valence-corrected chi connectivity index (χ2v) is 4.08. The predicted octanol–water partition coefficient (Wildman–Crippen LogP) is 0.954. The van der Waals surface area contributed by atoms with Crippen molar-refractivity contribution < 1.29 is 19.5 Å². The Morgan fingerprint density at radius 2 is 1.68 bits per heavy atom. The molecule has 19 heavy (non-hydrogen) atoms. The molecule has 4 nitrogen and oxygen atoms in total. The Hall–Kier alpha value is -1.98. The minimum Gasteiger partial charge on any atom is -0.497 e. The molecule has 2 aromatic carbocycles. The molecule has 2 rings (SSSR count). The van der Waals surface area contributed by atoms with E-state index in [2.05, 4.69) is 0 Å². The van der Waals surface area contributed by atoms with Gasteiger partial charge in [-0.25, -0.2) is 0 Å². The summed E-state index contributed by atoms with van der Waals surface area (Å²) in [5.41, 5.74) is 1.33. The third-order valence-electron chi connectivity index (χ3n) is 2.71. The van der Waals surface area contributed by atoms with Crippen molar-refractivity contribution in [3.8, 4) is 11.5 Å². The lowest BCUT2D eigenvalue weighted by Crippen LogP contribution is -2.29. The van der Waals surface area contributed by atoms with Crippen LogP contribution in [0, 0.1) is 0 Å². The highest BCUT2D eigenvalue weighted by Gasteiger charge is 2.10. The summed E-state index contributed by atoms with van der Waals surface area (Å²) in [7, 11) is 0.155. The van der Waals surface area contributed by atoms with Crippen molar-refractivity contribution in [3.63, 3.8) is 0 Å².